The second-order valence-electron chi connectivity index (χ2n) is 2.46. The van der Waals surface area contributed by atoms with Crippen LogP contribution in [0.3, 0.4) is 0 Å². The number of carbonyl (C=O) groups excluding carboxylic acids is 3. The summed E-state index contributed by atoms with van der Waals surface area (Å²) in [4.78, 5) is 33.5. The highest BCUT2D eigenvalue weighted by molar-refractivity contribution is 9.08. The van der Waals surface area contributed by atoms with Gasteiger partial charge in [-0.05, 0) is 13.2 Å². The number of rotatable bonds is 1. The molecule has 12 heavy (non-hydrogen) atoms. The summed E-state index contributed by atoms with van der Waals surface area (Å²) in [5.74, 6) is -1.97. The third kappa shape index (κ3) is 1.01. The van der Waals surface area contributed by atoms with Gasteiger partial charge in [-0.15, -0.1) is 11.8 Å². The zero-order valence-corrected chi connectivity index (χ0v) is 8.86. The number of Topliss-reactive ketones (excluding diaryl/α,β-unsaturated/α-hetero) is 1. The SMILES string of the molecule is CSC1(C)C(=O)C(=O)N(Br)C1=O. The first kappa shape index (κ1) is 9.73. The van der Waals surface area contributed by atoms with Crippen molar-refractivity contribution in [3.05, 3.63) is 0 Å². The molecule has 1 saturated heterocycles. The quantitative estimate of drug-likeness (QED) is 0.292. The van der Waals surface area contributed by atoms with E-state index in [-0.39, 0.29) is 0 Å². The molecule has 1 unspecified atom stereocenters. The van der Waals surface area contributed by atoms with E-state index in [9.17, 15) is 14.4 Å². The lowest BCUT2D eigenvalue weighted by Crippen LogP contribution is -2.35. The number of imide groups is 1. The van der Waals surface area contributed by atoms with E-state index in [1.54, 1.807) is 6.26 Å². The molecule has 0 saturated carbocycles. The van der Waals surface area contributed by atoms with Crippen LogP contribution in [0.4, 0.5) is 0 Å². The number of hydrogen-bond acceptors (Lipinski definition) is 4. The minimum Gasteiger partial charge on any atom is -0.286 e. The lowest BCUT2D eigenvalue weighted by molar-refractivity contribution is -0.138. The van der Waals surface area contributed by atoms with Gasteiger partial charge in [0.25, 0.3) is 5.91 Å². The highest BCUT2D eigenvalue weighted by Crippen LogP contribution is 2.33. The monoisotopic (exact) mass is 251 g/mol. The summed E-state index contributed by atoms with van der Waals surface area (Å²) >= 11 is 3.79. The van der Waals surface area contributed by atoms with Crippen LogP contribution < -0.4 is 0 Å². The third-order valence-corrected chi connectivity index (χ3v) is 3.62. The van der Waals surface area contributed by atoms with Gasteiger partial charge in [0.2, 0.25) is 5.78 Å². The van der Waals surface area contributed by atoms with Crippen LogP contribution >= 0.6 is 27.9 Å². The molecule has 0 bridgehead atoms. The Morgan fingerprint density at radius 2 is 1.92 bits per heavy atom. The van der Waals surface area contributed by atoms with Crippen LogP contribution in [0, 0.1) is 0 Å². The van der Waals surface area contributed by atoms with E-state index in [0.29, 0.717) is 3.93 Å². The van der Waals surface area contributed by atoms with Crippen molar-refractivity contribution >= 4 is 45.5 Å². The van der Waals surface area contributed by atoms with Crippen LogP contribution in [0.5, 0.6) is 0 Å². The van der Waals surface area contributed by atoms with Gasteiger partial charge in [0.1, 0.15) is 0 Å². The standard InChI is InChI=1S/C6H6BrNO3S/c1-6(12-2)3(9)4(10)8(7)5(6)11/h1-2H3. The van der Waals surface area contributed by atoms with Crippen molar-refractivity contribution in [2.24, 2.45) is 0 Å². The second-order valence-corrected chi connectivity index (χ2v) is 4.39. The Labute approximate surface area is 82.0 Å². The van der Waals surface area contributed by atoms with E-state index < -0.39 is 22.3 Å². The maximum Gasteiger partial charge on any atom is 0.308 e. The first-order chi connectivity index (χ1) is 5.45. The van der Waals surface area contributed by atoms with Crippen LogP contribution in [-0.4, -0.2) is 32.5 Å². The maximum atomic E-state index is 11.3. The van der Waals surface area contributed by atoms with Crippen LogP contribution in [0.1, 0.15) is 6.92 Å². The zero-order chi connectivity index (χ0) is 9.52. The van der Waals surface area contributed by atoms with Crippen LogP contribution in [0.25, 0.3) is 0 Å². The molecule has 0 N–H and O–H groups in total. The van der Waals surface area contributed by atoms with Crippen LogP contribution in [0.15, 0.2) is 0 Å². The molecule has 2 amide bonds. The summed E-state index contributed by atoms with van der Waals surface area (Å²) in [6, 6.07) is 0. The molecule has 4 nitrogen and oxygen atoms in total. The van der Waals surface area contributed by atoms with Crippen molar-refractivity contribution in [3.8, 4) is 0 Å². The molecule has 0 aliphatic carbocycles. The Morgan fingerprint density at radius 3 is 2.08 bits per heavy atom. The Hall–Kier alpha value is -0.360. The average Bonchev–Trinajstić information content (AvgIpc) is 2.22. The molecule has 1 rings (SSSR count). The predicted molar refractivity (Wildman–Crippen MR) is 47.7 cm³/mol. The lowest BCUT2D eigenvalue weighted by atomic mass is 10.1. The van der Waals surface area contributed by atoms with E-state index >= 15 is 0 Å². The molecule has 0 radical (unpaired) electrons. The number of amides is 2. The van der Waals surface area contributed by atoms with Gasteiger partial charge in [-0.2, -0.15) is 0 Å². The van der Waals surface area contributed by atoms with Crippen LogP contribution in [0.2, 0.25) is 0 Å². The molecule has 0 aromatic rings. The largest absolute Gasteiger partial charge is 0.308 e. The molecule has 1 aliphatic heterocycles. The number of nitrogens with zero attached hydrogens (tertiary/aromatic N) is 1. The fourth-order valence-corrected chi connectivity index (χ4v) is 2.02. The van der Waals surface area contributed by atoms with Gasteiger partial charge in [-0.1, -0.05) is 0 Å². The number of halogens is 1. The Morgan fingerprint density at radius 1 is 1.42 bits per heavy atom. The Balaban J connectivity index is 3.15. The van der Waals surface area contributed by atoms with Crippen molar-refractivity contribution in [2.75, 3.05) is 6.26 Å². The van der Waals surface area contributed by atoms with Crippen molar-refractivity contribution in [2.45, 2.75) is 11.7 Å². The van der Waals surface area contributed by atoms with E-state index in [1.165, 1.54) is 6.92 Å². The van der Waals surface area contributed by atoms with Crippen molar-refractivity contribution in [1.82, 2.24) is 3.93 Å². The minimum atomic E-state index is -1.24. The molecule has 0 aromatic carbocycles. The van der Waals surface area contributed by atoms with E-state index in [1.807, 2.05) is 0 Å². The van der Waals surface area contributed by atoms with Gasteiger partial charge < -0.3 is 0 Å². The number of carbonyl (C=O) groups is 3. The normalized spacial score (nSPS) is 30.2. The van der Waals surface area contributed by atoms with E-state index in [0.717, 1.165) is 11.8 Å². The third-order valence-electron chi connectivity index (χ3n) is 1.80. The summed E-state index contributed by atoms with van der Waals surface area (Å²) < 4.78 is -0.549. The molecular weight excluding hydrogens is 246 g/mol. The predicted octanol–water partition coefficient (Wildman–Crippen LogP) is 0.356. The fraction of sp³-hybridized carbons (Fsp3) is 0.500. The summed E-state index contributed by atoms with van der Waals surface area (Å²) in [5, 5.41) is 0. The summed E-state index contributed by atoms with van der Waals surface area (Å²) in [5.41, 5.74) is 0. The number of hydrogen-bond donors (Lipinski definition) is 0. The second kappa shape index (κ2) is 2.85. The molecule has 1 atom stereocenters. The highest BCUT2D eigenvalue weighted by Gasteiger charge is 2.55. The van der Waals surface area contributed by atoms with E-state index in [4.69, 9.17) is 0 Å². The summed E-state index contributed by atoms with van der Waals surface area (Å²) in [6.07, 6.45) is 1.62. The summed E-state index contributed by atoms with van der Waals surface area (Å²) in [6.45, 7) is 1.45. The molecular formula is C6H6BrNO3S. The van der Waals surface area contributed by atoms with Gasteiger partial charge in [0.05, 0.1) is 16.1 Å². The average molecular weight is 252 g/mol. The van der Waals surface area contributed by atoms with Gasteiger partial charge in [0.15, 0.2) is 4.75 Å². The molecule has 66 valence electrons. The molecule has 0 aromatic heterocycles. The van der Waals surface area contributed by atoms with Gasteiger partial charge >= 0.3 is 5.91 Å². The van der Waals surface area contributed by atoms with Crippen molar-refractivity contribution in [3.63, 3.8) is 0 Å². The molecule has 1 fully saturated rings. The smallest absolute Gasteiger partial charge is 0.286 e. The number of ketones is 1. The highest BCUT2D eigenvalue weighted by atomic mass is 79.9. The zero-order valence-electron chi connectivity index (χ0n) is 6.46. The minimum absolute atomic E-state index is 0.509. The molecule has 1 heterocycles. The maximum absolute atomic E-state index is 11.3. The molecule has 6 heteroatoms. The topological polar surface area (TPSA) is 54.5 Å². The van der Waals surface area contributed by atoms with Crippen molar-refractivity contribution < 1.29 is 14.4 Å². The lowest BCUT2D eigenvalue weighted by Gasteiger charge is -2.13. The number of thioether (sulfide) groups is 1. The Bertz CT molecular complexity index is 280. The summed E-state index contributed by atoms with van der Waals surface area (Å²) in [7, 11) is 0. The van der Waals surface area contributed by atoms with Gasteiger partial charge in [0, 0.05) is 0 Å². The molecule has 0 spiro atoms. The van der Waals surface area contributed by atoms with E-state index in [2.05, 4.69) is 16.1 Å². The first-order valence-electron chi connectivity index (χ1n) is 3.09. The first-order valence-corrected chi connectivity index (χ1v) is 5.03. The van der Waals surface area contributed by atoms with Gasteiger partial charge in [-0.25, -0.2) is 3.93 Å². The van der Waals surface area contributed by atoms with Crippen LogP contribution in [-0.2, 0) is 14.4 Å². The fourth-order valence-electron chi connectivity index (χ4n) is 0.850. The van der Waals surface area contributed by atoms with Gasteiger partial charge in [-0.3, -0.25) is 14.4 Å². The Kier molecular flexibility index (Phi) is 2.31. The van der Waals surface area contributed by atoms with Crippen molar-refractivity contribution in [1.29, 1.82) is 0 Å². The molecule has 1 aliphatic rings.